The first-order valence-corrected chi connectivity index (χ1v) is 10.1. The highest BCUT2D eigenvalue weighted by Crippen LogP contribution is 2.31. The Morgan fingerprint density at radius 1 is 1.19 bits per heavy atom. The maximum atomic E-state index is 8.45. The maximum Gasteiger partial charge on any atom is 0.0487 e. The van der Waals surface area contributed by atoms with Gasteiger partial charge in [0.1, 0.15) is 0 Å². The van der Waals surface area contributed by atoms with Crippen molar-refractivity contribution in [3.8, 4) is 11.1 Å². The number of likely N-dealkylation sites (tertiary alicyclic amines) is 1. The molecule has 2 aromatic carbocycles. The molecule has 1 saturated heterocycles. The Morgan fingerprint density at radius 3 is 2.63 bits per heavy atom. The third-order valence-corrected chi connectivity index (χ3v) is 5.73. The predicted molar refractivity (Wildman–Crippen MR) is 113 cm³/mol. The highest BCUT2D eigenvalue weighted by Gasteiger charge is 2.19. The minimum Gasteiger partial charge on any atom is -0.299 e. The fraction of sp³-hybridized carbons (Fsp3) is 0.455. The molecule has 1 fully saturated rings. The van der Waals surface area contributed by atoms with E-state index in [-0.39, 0.29) is 0 Å². The molecule has 0 saturated carbocycles. The van der Waals surface area contributed by atoms with Crippen molar-refractivity contribution in [1.29, 1.82) is 0 Å². The van der Waals surface area contributed by atoms with Gasteiger partial charge in [0.25, 0.3) is 0 Å². The zero-order valence-corrected chi connectivity index (χ0v) is 16.9. The average molecular weight is 383 g/mol. The topological polar surface area (TPSA) is 52.0 Å². The van der Waals surface area contributed by atoms with Crippen LogP contribution in [0.1, 0.15) is 43.7 Å². The van der Waals surface area contributed by atoms with E-state index in [1.165, 1.54) is 16.7 Å². The summed E-state index contributed by atoms with van der Waals surface area (Å²) in [5.74, 6) is 1.03. The van der Waals surface area contributed by atoms with Crippen LogP contribution >= 0.6 is 11.6 Å². The molecule has 1 aliphatic heterocycles. The van der Waals surface area contributed by atoms with Gasteiger partial charge in [-0.1, -0.05) is 67.0 Å². The Kier molecular flexibility index (Phi) is 6.78. The standard InChI is InChI=1S/C22H27ClN4/c1-16(2)19-4-3-5-20(13-19)21-7-6-18(12-22(21)23)15-27-10-8-17(9-11-27)14-25-26-24/h3-7,12-13,16-17H,8-11,14-15H2,1-2H3. The Bertz CT molecular complexity index is 819. The third kappa shape index (κ3) is 5.26. The van der Waals surface area contributed by atoms with Crippen molar-refractivity contribution < 1.29 is 0 Å². The van der Waals surface area contributed by atoms with Gasteiger partial charge < -0.3 is 0 Å². The van der Waals surface area contributed by atoms with E-state index in [4.69, 9.17) is 17.1 Å². The molecule has 1 heterocycles. The van der Waals surface area contributed by atoms with E-state index < -0.39 is 0 Å². The van der Waals surface area contributed by atoms with Gasteiger partial charge in [-0.25, -0.2) is 0 Å². The van der Waals surface area contributed by atoms with Crippen LogP contribution < -0.4 is 0 Å². The molecular formula is C22H27ClN4. The Hall–Kier alpha value is -2.00. The number of hydrogen-bond acceptors (Lipinski definition) is 2. The molecule has 5 heteroatoms. The summed E-state index contributed by atoms with van der Waals surface area (Å²) in [6, 6.07) is 15.1. The molecule has 3 rings (SSSR count). The van der Waals surface area contributed by atoms with Gasteiger partial charge >= 0.3 is 0 Å². The summed E-state index contributed by atoms with van der Waals surface area (Å²) in [5, 5.41) is 4.53. The van der Waals surface area contributed by atoms with Gasteiger partial charge in [0.05, 0.1) is 0 Å². The van der Waals surface area contributed by atoms with Crippen molar-refractivity contribution in [2.75, 3.05) is 19.6 Å². The van der Waals surface area contributed by atoms with Gasteiger partial charge in [-0.15, -0.1) is 0 Å². The highest BCUT2D eigenvalue weighted by molar-refractivity contribution is 6.33. The zero-order chi connectivity index (χ0) is 19.2. The summed E-state index contributed by atoms with van der Waals surface area (Å²) in [6.07, 6.45) is 2.18. The van der Waals surface area contributed by atoms with E-state index in [0.29, 0.717) is 18.4 Å². The normalized spacial score (nSPS) is 15.7. The van der Waals surface area contributed by atoms with Crippen LogP contribution in [0, 0.1) is 5.92 Å². The van der Waals surface area contributed by atoms with Crippen LogP contribution in [0.4, 0.5) is 0 Å². The Labute approximate surface area is 166 Å². The largest absolute Gasteiger partial charge is 0.299 e. The van der Waals surface area contributed by atoms with Crippen LogP contribution in [0.5, 0.6) is 0 Å². The molecule has 0 atom stereocenters. The van der Waals surface area contributed by atoms with Crippen LogP contribution in [0.15, 0.2) is 47.6 Å². The summed E-state index contributed by atoms with van der Waals surface area (Å²) in [7, 11) is 0. The van der Waals surface area contributed by atoms with Gasteiger partial charge in [0.2, 0.25) is 0 Å². The van der Waals surface area contributed by atoms with Crippen LogP contribution in [-0.4, -0.2) is 24.5 Å². The second-order valence-corrected chi connectivity index (χ2v) is 8.13. The molecular weight excluding hydrogens is 356 g/mol. The molecule has 142 valence electrons. The first-order chi connectivity index (χ1) is 13.1. The average Bonchev–Trinajstić information content (AvgIpc) is 2.67. The molecule has 2 aromatic rings. The van der Waals surface area contributed by atoms with E-state index in [2.05, 4.69) is 71.2 Å². The van der Waals surface area contributed by atoms with Gasteiger partial charge in [-0.3, -0.25) is 4.90 Å². The van der Waals surface area contributed by atoms with Gasteiger partial charge in [0.15, 0.2) is 0 Å². The number of rotatable bonds is 6. The smallest absolute Gasteiger partial charge is 0.0487 e. The molecule has 0 aliphatic carbocycles. The third-order valence-electron chi connectivity index (χ3n) is 5.41. The maximum absolute atomic E-state index is 8.45. The molecule has 0 unspecified atom stereocenters. The van der Waals surface area contributed by atoms with E-state index in [0.717, 1.165) is 43.1 Å². The molecule has 0 bridgehead atoms. The number of benzene rings is 2. The lowest BCUT2D eigenvalue weighted by Crippen LogP contribution is -2.34. The monoisotopic (exact) mass is 382 g/mol. The number of piperidine rings is 1. The van der Waals surface area contributed by atoms with Crippen LogP contribution in [0.3, 0.4) is 0 Å². The first kappa shape index (κ1) is 19.8. The van der Waals surface area contributed by atoms with E-state index >= 15 is 0 Å². The Balaban J connectivity index is 1.65. The van der Waals surface area contributed by atoms with Crippen LogP contribution in [-0.2, 0) is 6.54 Å². The summed E-state index contributed by atoms with van der Waals surface area (Å²) < 4.78 is 0. The molecule has 0 amide bonds. The van der Waals surface area contributed by atoms with Crippen molar-refractivity contribution in [3.05, 3.63) is 69.1 Å². The number of azide groups is 1. The van der Waals surface area contributed by atoms with E-state index in [1.807, 2.05) is 0 Å². The molecule has 27 heavy (non-hydrogen) atoms. The first-order valence-electron chi connectivity index (χ1n) is 9.68. The van der Waals surface area contributed by atoms with Crippen molar-refractivity contribution in [2.24, 2.45) is 11.0 Å². The van der Waals surface area contributed by atoms with Crippen molar-refractivity contribution >= 4 is 11.6 Å². The van der Waals surface area contributed by atoms with Gasteiger partial charge in [0, 0.05) is 28.6 Å². The highest BCUT2D eigenvalue weighted by atomic mass is 35.5. The van der Waals surface area contributed by atoms with Crippen molar-refractivity contribution in [1.82, 2.24) is 4.90 Å². The van der Waals surface area contributed by atoms with Gasteiger partial charge in [-0.05, 0) is 66.1 Å². The fourth-order valence-corrected chi connectivity index (χ4v) is 4.01. The second-order valence-electron chi connectivity index (χ2n) is 7.73. The minimum absolute atomic E-state index is 0.504. The number of hydrogen-bond donors (Lipinski definition) is 0. The Morgan fingerprint density at radius 2 is 1.96 bits per heavy atom. The molecule has 1 aliphatic rings. The summed E-state index contributed by atoms with van der Waals surface area (Å²) in [4.78, 5) is 5.33. The SMILES string of the molecule is CC(C)c1cccc(-c2ccc(CN3CCC(CN=[N+]=[N-])CC3)cc2Cl)c1. The zero-order valence-electron chi connectivity index (χ0n) is 16.1. The predicted octanol–water partition coefficient (Wildman–Crippen LogP) is 6.65. The lowest BCUT2D eigenvalue weighted by atomic mass is 9.96. The minimum atomic E-state index is 0.504. The molecule has 4 nitrogen and oxygen atoms in total. The second kappa shape index (κ2) is 9.27. The van der Waals surface area contributed by atoms with Gasteiger partial charge in [-0.2, -0.15) is 0 Å². The van der Waals surface area contributed by atoms with Crippen molar-refractivity contribution in [2.45, 2.75) is 39.2 Å². The lowest BCUT2D eigenvalue weighted by Gasteiger charge is -2.31. The molecule has 0 spiro atoms. The van der Waals surface area contributed by atoms with E-state index in [1.54, 1.807) is 0 Å². The fourth-order valence-electron chi connectivity index (χ4n) is 3.69. The quantitative estimate of drug-likeness (QED) is 0.313. The van der Waals surface area contributed by atoms with Crippen LogP contribution in [0.2, 0.25) is 5.02 Å². The molecule has 0 aromatic heterocycles. The van der Waals surface area contributed by atoms with Crippen LogP contribution in [0.25, 0.3) is 21.6 Å². The van der Waals surface area contributed by atoms with E-state index in [9.17, 15) is 0 Å². The summed E-state index contributed by atoms with van der Waals surface area (Å²) >= 11 is 6.63. The lowest BCUT2D eigenvalue weighted by molar-refractivity contribution is 0.180. The number of nitrogens with zero attached hydrogens (tertiary/aromatic N) is 4. The molecule has 0 radical (unpaired) electrons. The summed E-state index contributed by atoms with van der Waals surface area (Å²) in [5.41, 5.74) is 13.3. The summed E-state index contributed by atoms with van der Waals surface area (Å²) in [6.45, 7) is 8.04. The molecule has 0 N–H and O–H groups in total. The van der Waals surface area contributed by atoms with Crippen molar-refractivity contribution in [3.63, 3.8) is 0 Å². The number of halogens is 1.